The summed E-state index contributed by atoms with van der Waals surface area (Å²) in [4.78, 5) is 9.22. The first-order valence-corrected chi connectivity index (χ1v) is 11.4. The van der Waals surface area contributed by atoms with Crippen LogP contribution in [-0.4, -0.2) is 31.4 Å². The summed E-state index contributed by atoms with van der Waals surface area (Å²) in [5, 5.41) is 5.51. The largest absolute Gasteiger partial charge is 0.495 e. The maximum atomic E-state index is 6.11. The molecule has 0 saturated heterocycles. The Balaban J connectivity index is 1.43. The van der Waals surface area contributed by atoms with Crippen molar-refractivity contribution in [1.29, 1.82) is 0 Å². The van der Waals surface area contributed by atoms with Gasteiger partial charge < -0.3 is 9.30 Å². The van der Waals surface area contributed by atoms with Crippen molar-refractivity contribution in [2.24, 2.45) is 0 Å². The van der Waals surface area contributed by atoms with Crippen molar-refractivity contribution < 1.29 is 4.74 Å². The molecule has 0 spiro atoms. The first-order chi connectivity index (χ1) is 16.0. The van der Waals surface area contributed by atoms with Gasteiger partial charge in [-0.2, -0.15) is 5.10 Å². The predicted molar refractivity (Wildman–Crippen MR) is 131 cm³/mol. The van der Waals surface area contributed by atoms with Gasteiger partial charge >= 0.3 is 0 Å². The molecule has 1 aliphatic rings. The number of benzene rings is 2. The number of aryl methyl sites for hydroxylation is 2. The van der Waals surface area contributed by atoms with E-state index in [1.54, 1.807) is 13.4 Å². The Morgan fingerprint density at radius 3 is 2.67 bits per heavy atom. The number of halogens is 1. The number of ether oxygens (including phenoxy) is 1. The molecular weight excluding hydrogens is 434 g/mol. The summed E-state index contributed by atoms with van der Waals surface area (Å²) in [7, 11) is 1.68. The van der Waals surface area contributed by atoms with Crippen molar-refractivity contribution in [3.63, 3.8) is 0 Å². The lowest BCUT2D eigenvalue weighted by Gasteiger charge is -2.33. The molecule has 5 rings (SSSR count). The fourth-order valence-corrected chi connectivity index (χ4v) is 4.64. The highest BCUT2D eigenvalue weighted by molar-refractivity contribution is 6.30. The fourth-order valence-electron chi connectivity index (χ4n) is 4.51. The van der Waals surface area contributed by atoms with E-state index in [2.05, 4.69) is 30.1 Å². The Hall–Kier alpha value is -3.38. The van der Waals surface area contributed by atoms with E-state index < -0.39 is 0 Å². The van der Waals surface area contributed by atoms with Gasteiger partial charge in [0.05, 0.1) is 30.2 Å². The van der Waals surface area contributed by atoms with Crippen LogP contribution >= 0.6 is 11.6 Å². The van der Waals surface area contributed by atoms with Crippen LogP contribution in [0, 0.1) is 6.92 Å². The molecular formula is C26H26ClN5O. The van der Waals surface area contributed by atoms with Gasteiger partial charge in [0.25, 0.3) is 0 Å². The van der Waals surface area contributed by atoms with Crippen LogP contribution in [0.1, 0.15) is 48.2 Å². The maximum Gasteiger partial charge on any atom is 0.174 e. The molecule has 7 heteroatoms. The zero-order valence-corrected chi connectivity index (χ0v) is 19.8. The van der Waals surface area contributed by atoms with Gasteiger partial charge in [-0.3, -0.25) is 0 Å². The molecule has 168 valence electrons. The predicted octanol–water partition coefficient (Wildman–Crippen LogP) is 5.70. The van der Waals surface area contributed by atoms with Gasteiger partial charge in [-0.1, -0.05) is 35.9 Å². The zero-order valence-electron chi connectivity index (χ0n) is 19.0. The molecule has 33 heavy (non-hydrogen) atoms. The molecule has 0 amide bonds. The molecule has 3 heterocycles. The van der Waals surface area contributed by atoms with Gasteiger partial charge in [0.1, 0.15) is 11.6 Å². The maximum absolute atomic E-state index is 6.11. The number of nitrogens with zero attached hydrogens (tertiary/aromatic N) is 5. The lowest BCUT2D eigenvalue weighted by molar-refractivity contribution is 0.357. The van der Waals surface area contributed by atoms with E-state index in [0.29, 0.717) is 5.82 Å². The summed E-state index contributed by atoms with van der Waals surface area (Å²) in [6.45, 7) is 5.09. The van der Waals surface area contributed by atoms with E-state index in [1.165, 1.54) is 5.56 Å². The van der Waals surface area contributed by atoms with Crippen molar-refractivity contribution in [3.05, 3.63) is 88.5 Å². The molecule has 0 saturated carbocycles. The van der Waals surface area contributed by atoms with Crippen LogP contribution in [0.4, 0.5) is 0 Å². The third-order valence-electron chi connectivity index (χ3n) is 6.33. The number of imidazole rings is 1. The SMILES string of the molecule is COc1cc(/C=C/c2nc3n(n2)CCC[C@]3(C)c2ccc(Cl)cc2)ccc1-n1cnc(C)c1. The van der Waals surface area contributed by atoms with Gasteiger partial charge in [-0.25, -0.2) is 14.6 Å². The van der Waals surface area contributed by atoms with Crippen molar-refractivity contribution in [2.75, 3.05) is 7.11 Å². The molecule has 0 unspecified atom stereocenters. The summed E-state index contributed by atoms with van der Waals surface area (Å²) in [6.07, 6.45) is 9.84. The van der Waals surface area contributed by atoms with Crippen LogP contribution in [0.25, 0.3) is 17.8 Å². The van der Waals surface area contributed by atoms with Gasteiger partial charge in [-0.15, -0.1) is 0 Å². The summed E-state index contributed by atoms with van der Waals surface area (Å²) >= 11 is 6.11. The molecule has 1 atom stereocenters. The van der Waals surface area contributed by atoms with Gasteiger partial charge in [0.15, 0.2) is 5.82 Å². The van der Waals surface area contributed by atoms with E-state index >= 15 is 0 Å². The molecule has 4 aromatic rings. The van der Waals surface area contributed by atoms with Crippen LogP contribution < -0.4 is 4.74 Å². The van der Waals surface area contributed by atoms with E-state index in [-0.39, 0.29) is 5.41 Å². The minimum atomic E-state index is -0.185. The van der Waals surface area contributed by atoms with Crippen molar-refractivity contribution in [2.45, 2.75) is 38.6 Å². The lowest BCUT2D eigenvalue weighted by Crippen LogP contribution is -2.32. The molecule has 1 aliphatic heterocycles. The zero-order chi connectivity index (χ0) is 23.0. The minimum Gasteiger partial charge on any atom is -0.495 e. The highest BCUT2D eigenvalue weighted by Gasteiger charge is 2.37. The lowest BCUT2D eigenvalue weighted by atomic mass is 9.76. The second kappa shape index (κ2) is 8.52. The number of hydrogen-bond donors (Lipinski definition) is 0. The van der Waals surface area contributed by atoms with Gasteiger partial charge in [-0.05, 0) is 68.2 Å². The third-order valence-corrected chi connectivity index (χ3v) is 6.58. The quantitative estimate of drug-likeness (QED) is 0.384. The molecule has 0 bridgehead atoms. The average molecular weight is 460 g/mol. The Morgan fingerprint density at radius 2 is 1.94 bits per heavy atom. The Morgan fingerprint density at radius 1 is 1.12 bits per heavy atom. The topological polar surface area (TPSA) is 57.8 Å². The van der Waals surface area contributed by atoms with Crippen molar-refractivity contribution >= 4 is 23.8 Å². The second-order valence-electron chi connectivity index (χ2n) is 8.65. The Labute approximate surface area is 198 Å². The number of rotatable bonds is 5. The van der Waals surface area contributed by atoms with Crippen LogP contribution in [0.5, 0.6) is 5.75 Å². The number of aromatic nitrogens is 5. The van der Waals surface area contributed by atoms with Crippen LogP contribution in [-0.2, 0) is 12.0 Å². The Bertz CT molecular complexity index is 1320. The summed E-state index contributed by atoms with van der Waals surface area (Å²) < 4.78 is 9.63. The fraction of sp³-hybridized carbons (Fsp3) is 0.269. The van der Waals surface area contributed by atoms with Crippen LogP contribution in [0.15, 0.2) is 55.0 Å². The molecule has 0 N–H and O–H groups in total. The van der Waals surface area contributed by atoms with E-state index in [9.17, 15) is 0 Å². The average Bonchev–Trinajstić information content (AvgIpc) is 3.45. The first kappa shape index (κ1) is 21.5. The molecule has 2 aromatic heterocycles. The highest BCUT2D eigenvalue weighted by atomic mass is 35.5. The molecule has 2 aromatic carbocycles. The monoisotopic (exact) mass is 459 g/mol. The number of fused-ring (bicyclic) bond motifs is 1. The van der Waals surface area contributed by atoms with Gasteiger partial charge in [0.2, 0.25) is 0 Å². The molecule has 6 nitrogen and oxygen atoms in total. The standard InChI is InChI=1S/C26H26ClN5O/c1-18-16-31(17-28-18)22-11-5-19(15-23(22)33-3)6-12-24-29-25-26(2,13-4-14-32(25)30-24)20-7-9-21(27)10-8-20/h5-12,15-17H,4,13-14H2,1-3H3/b12-6+/t26-/m1/s1. The smallest absolute Gasteiger partial charge is 0.174 e. The molecule has 0 aliphatic carbocycles. The third kappa shape index (κ3) is 4.07. The van der Waals surface area contributed by atoms with Crippen LogP contribution in [0.3, 0.4) is 0 Å². The molecule has 0 fully saturated rings. The van der Waals surface area contributed by atoms with Crippen molar-refractivity contribution in [1.82, 2.24) is 24.3 Å². The summed E-state index contributed by atoms with van der Waals surface area (Å²) in [5.41, 5.74) is 3.95. The Kier molecular flexibility index (Phi) is 5.54. The van der Waals surface area contributed by atoms with E-state index in [1.807, 2.05) is 58.8 Å². The second-order valence-corrected chi connectivity index (χ2v) is 9.08. The first-order valence-electron chi connectivity index (χ1n) is 11.0. The summed E-state index contributed by atoms with van der Waals surface area (Å²) in [5.74, 6) is 2.49. The van der Waals surface area contributed by atoms with E-state index in [4.69, 9.17) is 26.4 Å². The van der Waals surface area contributed by atoms with E-state index in [0.717, 1.165) is 52.9 Å². The van der Waals surface area contributed by atoms with Crippen molar-refractivity contribution in [3.8, 4) is 11.4 Å². The number of hydrogen-bond acceptors (Lipinski definition) is 4. The summed E-state index contributed by atoms with van der Waals surface area (Å²) in [6, 6.07) is 14.2. The normalized spacial score (nSPS) is 17.9. The minimum absolute atomic E-state index is 0.185. The number of methoxy groups -OCH3 is 1. The van der Waals surface area contributed by atoms with Gasteiger partial charge in [0, 0.05) is 17.8 Å². The highest BCUT2D eigenvalue weighted by Crippen LogP contribution is 2.39. The van der Waals surface area contributed by atoms with Crippen LogP contribution in [0.2, 0.25) is 5.02 Å². The molecule has 0 radical (unpaired) electrons.